The molecule has 0 atom stereocenters. The molecule has 92 valence electrons. The molecule has 0 fully saturated rings. The zero-order chi connectivity index (χ0) is 11.6. The van der Waals surface area contributed by atoms with Crippen molar-refractivity contribution in [3.63, 3.8) is 0 Å². The molecule has 1 aromatic heterocycles. The average molecular weight is 243 g/mol. The number of thiazole rings is 1. The summed E-state index contributed by atoms with van der Waals surface area (Å²) in [5.41, 5.74) is 3.03. The fourth-order valence-corrected chi connectivity index (χ4v) is 1.90. The van der Waals surface area contributed by atoms with Crippen LogP contribution in [0, 0.1) is 0 Å². The highest BCUT2D eigenvalue weighted by Crippen LogP contribution is 2.03. The minimum absolute atomic E-state index is 0.797. The summed E-state index contributed by atoms with van der Waals surface area (Å²) in [7, 11) is 2.11. The molecule has 0 aliphatic heterocycles. The minimum atomic E-state index is 0.797. The van der Waals surface area contributed by atoms with Crippen molar-refractivity contribution in [2.75, 3.05) is 39.9 Å². The third kappa shape index (κ3) is 6.17. The first-order valence-corrected chi connectivity index (χ1v) is 6.61. The molecule has 0 spiro atoms. The van der Waals surface area contributed by atoms with Crippen molar-refractivity contribution in [1.29, 1.82) is 0 Å². The molecule has 1 aromatic rings. The van der Waals surface area contributed by atoms with Crippen LogP contribution in [-0.2, 0) is 11.3 Å². The third-order valence-corrected chi connectivity index (χ3v) is 2.85. The first-order valence-electron chi connectivity index (χ1n) is 5.67. The summed E-state index contributed by atoms with van der Waals surface area (Å²) in [6.45, 7) is 7.49. The molecule has 16 heavy (non-hydrogen) atoms. The monoisotopic (exact) mass is 243 g/mol. The lowest BCUT2D eigenvalue weighted by Gasteiger charge is -2.15. The van der Waals surface area contributed by atoms with E-state index in [1.807, 2.05) is 12.4 Å². The Morgan fingerprint density at radius 1 is 1.50 bits per heavy atom. The quantitative estimate of drug-likeness (QED) is 0.661. The van der Waals surface area contributed by atoms with Gasteiger partial charge in [-0.05, 0) is 14.0 Å². The summed E-state index contributed by atoms with van der Waals surface area (Å²) < 4.78 is 5.24. The predicted octanol–water partition coefficient (Wildman–Crippen LogP) is 1.20. The van der Waals surface area contributed by atoms with Crippen molar-refractivity contribution in [3.8, 4) is 0 Å². The van der Waals surface area contributed by atoms with Crippen LogP contribution >= 0.6 is 11.3 Å². The fourth-order valence-electron chi connectivity index (χ4n) is 1.35. The van der Waals surface area contributed by atoms with Gasteiger partial charge in [0.2, 0.25) is 0 Å². The van der Waals surface area contributed by atoms with E-state index in [-0.39, 0.29) is 0 Å². The highest BCUT2D eigenvalue weighted by atomic mass is 32.1. The Balaban J connectivity index is 1.96. The smallest absolute Gasteiger partial charge is 0.0795 e. The van der Waals surface area contributed by atoms with Gasteiger partial charge in [0, 0.05) is 38.2 Å². The molecule has 0 aromatic carbocycles. The highest BCUT2D eigenvalue weighted by Gasteiger charge is 2.00. The lowest BCUT2D eigenvalue weighted by Crippen LogP contribution is -2.30. The van der Waals surface area contributed by atoms with Gasteiger partial charge in [-0.3, -0.25) is 4.90 Å². The molecule has 1 rings (SSSR count). The lowest BCUT2D eigenvalue weighted by molar-refractivity contribution is 0.148. The standard InChI is InChI=1S/C11H21N3OS/c1-3-15-7-5-12-4-6-14(2)8-11-9-16-10-13-11/h9-10,12H,3-8H2,1-2H3. The molecule has 0 aliphatic rings. The van der Waals surface area contributed by atoms with Gasteiger partial charge in [-0.2, -0.15) is 0 Å². The van der Waals surface area contributed by atoms with Crippen LogP contribution in [0.4, 0.5) is 0 Å². The summed E-state index contributed by atoms with van der Waals surface area (Å²) in [6, 6.07) is 0. The van der Waals surface area contributed by atoms with E-state index in [0.717, 1.165) is 45.1 Å². The van der Waals surface area contributed by atoms with Crippen LogP contribution in [0.2, 0.25) is 0 Å². The molecular weight excluding hydrogens is 222 g/mol. The molecule has 1 heterocycles. The topological polar surface area (TPSA) is 37.4 Å². The van der Waals surface area contributed by atoms with Crippen LogP contribution in [0.1, 0.15) is 12.6 Å². The molecule has 0 amide bonds. The van der Waals surface area contributed by atoms with E-state index in [4.69, 9.17) is 4.74 Å². The van der Waals surface area contributed by atoms with Gasteiger partial charge in [-0.25, -0.2) is 4.98 Å². The van der Waals surface area contributed by atoms with Gasteiger partial charge in [0.15, 0.2) is 0 Å². The molecule has 1 N–H and O–H groups in total. The number of nitrogens with one attached hydrogen (secondary N) is 1. The van der Waals surface area contributed by atoms with E-state index in [9.17, 15) is 0 Å². The maximum Gasteiger partial charge on any atom is 0.0795 e. The second-order valence-electron chi connectivity index (χ2n) is 3.66. The van der Waals surface area contributed by atoms with Crippen molar-refractivity contribution in [1.82, 2.24) is 15.2 Å². The lowest BCUT2D eigenvalue weighted by atomic mass is 10.4. The molecule has 4 nitrogen and oxygen atoms in total. The van der Waals surface area contributed by atoms with Gasteiger partial charge < -0.3 is 10.1 Å². The Hall–Kier alpha value is -0.490. The van der Waals surface area contributed by atoms with Gasteiger partial charge in [0.05, 0.1) is 17.8 Å². The fraction of sp³-hybridized carbons (Fsp3) is 0.727. The normalized spacial score (nSPS) is 11.2. The number of aromatic nitrogens is 1. The van der Waals surface area contributed by atoms with E-state index in [0.29, 0.717) is 0 Å². The largest absolute Gasteiger partial charge is 0.380 e. The van der Waals surface area contributed by atoms with E-state index < -0.39 is 0 Å². The highest BCUT2D eigenvalue weighted by molar-refractivity contribution is 7.07. The molecule has 0 unspecified atom stereocenters. The van der Waals surface area contributed by atoms with Crippen molar-refractivity contribution >= 4 is 11.3 Å². The first-order chi connectivity index (χ1) is 7.83. The third-order valence-electron chi connectivity index (χ3n) is 2.21. The van der Waals surface area contributed by atoms with Gasteiger partial charge >= 0.3 is 0 Å². The molecule has 0 bridgehead atoms. The van der Waals surface area contributed by atoms with Crippen molar-refractivity contribution in [2.24, 2.45) is 0 Å². The Bertz CT molecular complexity index is 254. The molecule has 0 radical (unpaired) electrons. The molecule has 0 saturated heterocycles. The van der Waals surface area contributed by atoms with E-state index in [2.05, 4.69) is 27.6 Å². The van der Waals surface area contributed by atoms with E-state index in [1.54, 1.807) is 11.3 Å². The SMILES string of the molecule is CCOCCNCCN(C)Cc1cscn1. The maximum atomic E-state index is 5.24. The van der Waals surface area contributed by atoms with Crippen LogP contribution < -0.4 is 5.32 Å². The summed E-state index contributed by atoms with van der Waals surface area (Å²) in [5, 5.41) is 5.44. The van der Waals surface area contributed by atoms with Gasteiger partial charge in [-0.1, -0.05) is 0 Å². The van der Waals surface area contributed by atoms with E-state index >= 15 is 0 Å². The second kappa shape index (κ2) is 8.64. The number of hydrogen-bond donors (Lipinski definition) is 1. The summed E-state index contributed by atoms with van der Waals surface area (Å²) >= 11 is 1.65. The first kappa shape index (κ1) is 13.6. The Morgan fingerprint density at radius 2 is 2.38 bits per heavy atom. The maximum absolute atomic E-state index is 5.24. The average Bonchev–Trinajstić information content (AvgIpc) is 2.76. The Kier molecular flexibility index (Phi) is 7.33. The molecule has 0 aliphatic carbocycles. The Morgan fingerprint density at radius 3 is 3.06 bits per heavy atom. The van der Waals surface area contributed by atoms with Crippen LogP contribution in [0.3, 0.4) is 0 Å². The summed E-state index contributed by atoms with van der Waals surface area (Å²) in [6.07, 6.45) is 0. The Labute approximate surface area is 102 Å². The number of ether oxygens (including phenoxy) is 1. The van der Waals surface area contributed by atoms with Crippen LogP contribution in [0.15, 0.2) is 10.9 Å². The summed E-state index contributed by atoms with van der Waals surface area (Å²) in [4.78, 5) is 6.53. The number of rotatable bonds is 9. The summed E-state index contributed by atoms with van der Waals surface area (Å²) in [5.74, 6) is 0. The number of hydrogen-bond acceptors (Lipinski definition) is 5. The number of nitrogens with zero attached hydrogens (tertiary/aromatic N) is 2. The molecule has 0 saturated carbocycles. The molecular formula is C11H21N3OS. The minimum Gasteiger partial charge on any atom is -0.380 e. The second-order valence-corrected chi connectivity index (χ2v) is 4.38. The zero-order valence-corrected chi connectivity index (χ0v) is 10.9. The van der Waals surface area contributed by atoms with Crippen LogP contribution in [-0.4, -0.2) is 49.8 Å². The predicted molar refractivity (Wildman–Crippen MR) is 67.8 cm³/mol. The zero-order valence-electron chi connectivity index (χ0n) is 10.1. The number of likely N-dealkylation sites (N-methyl/N-ethyl adjacent to an activating group) is 1. The van der Waals surface area contributed by atoms with Gasteiger partial charge in [0.1, 0.15) is 0 Å². The molecule has 5 heteroatoms. The van der Waals surface area contributed by atoms with Crippen LogP contribution in [0.25, 0.3) is 0 Å². The van der Waals surface area contributed by atoms with Crippen molar-refractivity contribution in [3.05, 3.63) is 16.6 Å². The van der Waals surface area contributed by atoms with Crippen molar-refractivity contribution < 1.29 is 4.74 Å². The van der Waals surface area contributed by atoms with E-state index in [1.165, 1.54) is 0 Å². The van der Waals surface area contributed by atoms with Crippen LogP contribution in [0.5, 0.6) is 0 Å². The van der Waals surface area contributed by atoms with Gasteiger partial charge in [-0.15, -0.1) is 11.3 Å². The van der Waals surface area contributed by atoms with Crippen molar-refractivity contribution in [2.45, 2.75) is 13.5 Å². The van der Waals surface area contributed by atoms with Gasteiger partial charge in [0.25, 0.3) is 0 Å².